The molecule has 1 N–H and O–H groups in total. The van der Waals surface area contributed by atoms with E-state index >= 15 is 0 Å². The van der Waals surface area contributed by atoms with Crippen molar-refractivity contribution in [3.8, 4) is 0 Å². The summed E-state index contributed by atoms with van der Waals surface area (Å²) in [4.78, 5) is 17.0. The highest BCUT2D eigenvalue weighted by atomic mass is 16.5. The van der Waals surface area contributed by atoms with Crippen molar-refractivity contribution in [2.75, 3.05) is 19.7 Å². The number of aromatic nitrogens is 1. The Balaban J connectivity index is 1.37. The first-order chi connectivity index (χ1) is 10.8. The van der Waals surface area contributed by atoms with E-state index in [9.17, 15) is 4.79 Å². The normalized spacial score (nSPS) is 17.8. The highest BCUT2D eigenvalue weighted by molar-refractivity contribution is 5.92. The molecule has 1 aliphatic rings. The van der Waals surface area contributed by atoms with Crippen LogP contribution < -0.4 is 0 Å². The summed E-state index contributed by atoms with van der Waals surface area (Å²) >= 11 is 0. The summed E-state index contributed by atoms with van der Waals surface area (Å²) in [6.45, 7) is 2.23. The number of ether oxygens (including phenoxy) is 1. The molecule has 3 rings (SSSR count). The predicted molar refractivity (Wildman–Crippen MR) is 85.8 cm³/mol. The fraction of sp³-hybridized carbons (Fsp3) is 0.389. The molecule has 0 unspecified atom stereocenters. The Hall–Kier alpha value is -2.07. The van der Waals surface area contributed by atoms with Gasteiger partial charge < -0.3 is 14.6 Å². The van der Waals surface area contributed by atoms with Gasteiger partial charge in [-0.25, -0.2) is 0 Å². The Kier molecular flexibility index (Phi) is 4.91. The van der Waals surface area contributed by atoms with Gasteiger partial charge in [-0.05, 0) is 37.0 Å². The maximum Gasteiger partial charge on any atom is 0.270 e. The Morgan fingerprint density at radius 2 is 2.09 bits per heavy atom. The molecule has 0 saturated carbocycles. The molecule has 4 heteroatoms. The number of amides is 1. The summed E-state index contributed by atoms with van der Waals surface area (Å²) in [6.07, 6.45) is 4.94. The molecule has 4 nitrogen and oxygen atoms in total. The molecule has 1 aliphatic heterocycles. The lowest BCUT2D eigenvalue weighted by Gasteiger charge is -2.16. The number of hydrogen-bond donors (Lipinski definition) is 1. The van der Waals surface area contributed by atoms with Crippen LogP contribution in [0.1, 0.15) is 28.9 Å². The molecule has 1 saturated heterocycles. The number of benzene rings is 1. The molecule has 1 fully saturated rings. The fourth-order valence-electron chi connectivity index (χ4n) is 2.85. The molecular weight excluding hydrogens is 276 g/mol. The van der Waals surface area contributed by atoms with E-state index in [1.165, 1.54) is 5.56 Å². The van der Waals surface area contributed by atoms with E-state index in [2.05, 4.69) is 29.2 Å². The van der Waals surface area contributed by atoms with E-state index in [4.69, 9.17) is 4.74 Å². The third-order valence-corrected chi connectivity index (χ3v) is 4.07. The third kappa shape index (κ3) is 3.77. The monoisotopic (exact) mass is 298 g/mol. The van der Waals surface area contributed by atoms with E-state index in [0.29, 0.717) is 12.2 Å². The van der Waals surface area contributed by atoms with Crippen molar-refractivity contribution in [2.24, 2.45) is 0 Å². The minimum Gasteiger partial charge on any atom is -0.376 e. The van der Waals surface area contributed by atoms with Crippen molar-refractivity contribution in [3.63, 3.8) is 0 Å². The van der Waals surface area contributed by atoms with Crippen LogP contribution in [-0.2, 0) is 11.2 Å². The molecule has 1 amide bonds. The topological polar surface area (TPSA) is 45.3 Å². The second kappa shape index (κ2) is 7.27. The lowest BCUT2D eigenvalue weighted by molar-refractivity contribution is 0.0523. The summed E-state index contributed by atoms with van der Waals surface area (Å²) in [5, 5.41) is 0. The molecule has 0 bridgehead atoms. The maximum atomic E-state index is 12.2. The lowest BCUT2D eigenvalue weighted by atomic mass is 10.1. The largest absolute Gasteiger partial charge is 0.376 e. The average molecular weight is 298 g/mol. The first-order valence-corrected chi connectivity index (χ1v) is 7.91. The van der Waals surface area contributed by atoms with Gasteiger partial charge in [0.15, 0.2) is 0 Å². The molecular formula is C18H22N2O2. The van der Waals surface area contributed by atoms with Crippen LogP contribution in [0.2, 0.25) is 0 Å². The Labute approximate surface area is 131 Å². The smallest absolute Gasteiger partial charge is 0.270 e. The number of aryl methyl sites for hydroxylation is 1. The van der Waals surface area contributed by atoms with E-state index in [1.807, 2.05) is 23.1 Å². The van der Waals surface area contributed by atoms with Gasteiger partial charge in [0.2, 0.25) is 0 Å². The Morgan fingerprint density at radius 1 is 1.23 bits per heavy atom. The van der Waals surface area contributed by atoms with Crippen LogP contribution >= 0.6 is 0 Å². The van der Waals surface area contributed by atoms with Crippen LogP contribution in [-0.4, -0.2) is 41.6 Å². The van der Waals surface area contributed by atoms with Gasteiger partial charge in [-0.3, -0.25) is 4.79 Å². The van der Waals surface area contributed by atoms with Crippen LogP contribution in [0.25, 0.3) is 0 Å². The molecule has 0 aliphatic carbocycles. The van der Waals surface area contributed by atoms with Gasteiger partial charge in [-0.15, -0.1) is 0 Å². The number of nitrogens with zero attached hydrogens (tertiary/aromatic N) is 1. The van der Waals surface area contributed by atoms with Crippen LogP contribution in [0, 0.1) is 0 Å². The third-order valence-electron chi connectivity index (χ3n) is 4.07. The standard InChI is InChI=1S/C18H22N2O2/c21-18(17-9-4-11-19-17)20-12-10-16(14-20)22-13-5-8-15-6-2-1-3-7-15/h1-4,6-7,9,11,16,19H,5,8,10,12-14H2/t16-/m1/s1. The number of hydrogen-bond acceptors (Lipinski definition) is 2. The van der Waals surface area contributed by atoms with E-state index in [1.54, 1.807) is 6.20 Å². The van der Waals surface area contributed by atoms with Gasteiger partial charge in [0.25, 0.3) is 5.91 Å². The van der Waals surface area contributed by atoms with Crippen molar-refractivity contribution in [1.29, 1.82) is 0 Å². The highest BCUT2D eigenvalue weighted by Crippen LogP contribution is 2.16. The van der Waals surface area contributed by atoms with E-state index < -0.39 is 0 Å². The lowest BCUT2D eigenvalue weighted by Crippen LogP contribution is -2.30. The number of carbonyl (C=O) groups is 1. The average Bonchev–Trinajstić information content (AvgIpc) is 3.24. The van der Waals surface area contributed by atoms with Gasteiger partial charge in [0.1, 0.15) is 5.69 Å². The number of nitrogens with one attached hydrogen (secondary N) is 1. The zero-order chi connectivity index (χ0) is 15.2. The molecule has 22 heavy (non-hydrogen) atoms. The number of likely N-dealkylation sites (tertiary alicyclic amines) is 1. The molecule has 0 radical (unpaired) electrons. The van der Waals surface area contributed by atoms with Gasteiger partial charge in [-0.2, -0.15) is 0 Å². The zero-order valence-electron chi connectivity index (χ0n) is 12.7. The van der Waals surface area contributed by atoms with Crippen molar-refractivity contribution in [2.45, 2.75) is 25.4 Å². The van der Waals surface area contributed by atoms with Crippen molar-refractivity contribution >= 4 is 5.91 Å². The molecule has 1 aromatic heterocycles. The summed E-state index contributed by atoms with van der Waals surface area (Å²) in [5.41, 5.74) is 2.01. The number of rotatable bonds is 6. The van der Waals surface area contributed by atoms with Gasteiger partial charge >= 0.3 is 0 Å². The number of aromatic amines is 1. The first kappa shape index (κ1) is 14.9. The number of H-pyrrole nitrogens is 1. The minimum atomic E-state index is 0.0698. The second-order valence-corrected chi connectivity index (χ2v) is 5.71. The predicted octanol–water partition coefficient (Wildman–Crippen LogP) is 2.88. The van der Waals surface area contributed by atoms with E-state index in [-0.39, 0.29) is 12.0 Å². The van der Waals surface area contributed by atoms with Crippen LogP contribution in [0.4, 0.5) is 0 Å². The fourth-order valence-corrected chi connectivity index (χ4v) is 2.85. The van der Waals surface area contributed by atoms with E-state index in [0.717, 1.165) is 32.4 Å². The summed E-state index contributed by atoms with van der Waals surface area (Å²) in [5.74, 6) is 0.0698. The van der Waals surface area contributed by atoms with Gasteiger partial charge in [0.05, 0.1) is 6.10 Å². The number of carbonyl (C=O) groups excluding carboxylic acids is 1. The molecule has 2 heterocycles. The minimum absolute atomic E-state index is 0.0698. The van der Waals surface area contributed by atoms with Crippen LogP contribution in [0.5, 0.6) is 0 Å². The Bertz CT molecular complexity index is 580. The summed E-state index contributed by atoms with van der Waals surface area (Å²) in [6, 6.07) is 14.1. The second-order valence-electron chi connectivity index (χ2n) is 5.71. The zero-order valence-corrected chi connectivity index (χ0v) is 12.7. The molecule has 1 atom stereocenters. The first-order valence-electron chi connectivity index (χ1n) is 7.91. The quantitative estimate of drug-likeness (QED) is 0.834. The molecule has 1 aromatic carbocycles. The van der Waals surface area contributed by atoms with Crippen molar-refractivity contribution in [1.82, 2.24) is 9.88 Å². The summed E-state index contributed by atoms with van der Waals surface area (Å²) < 4.78 is 5.92. The van der Waals surface area contributed by atoms with Crippen LogP contribution in [0.3, 0.4) is 0 Å². The van der Waals surface area contributed by atoms with Crippen molar-refractivity contribution < 1.29 is 9.53 Å². The molecule has 2 aromatic rings. The molecule has 116 valence electrons. The Morgan fingerprint density at radius 3 is 2.86 bits per heavy atom. The molecule has 0 spiro atoms. The van der Waals surface area contributed by atoms with Crippen molar-refractivity contribution in [3.05, 3.63) is 59.9 Å². The highest BCUT2D eigenvalue weighted by Gasteiger charge is 2.27. The summed E-state index contributed by atoms with van der Waals surface area (Å²) in [7, 11) is 0. The maximum absolute atomic E-state index is 12.2. The van der Waals surface area contributed by atoms with Gasteiger partial charge in [-0.1, -0.05) is 30.3 Å². The van der Waals surface area contributed by atoms with Gasteiger partial charge in [0, 0.05) is 25.9 Å². The SMILES string of the molecule is O=C(c1ccc[nH]1)N1CC[C@@H](OCCCc2ccccc2)C1. The van der Waals surface area contributed by atoms with Crippen LogP contribution in [0.15, 0.2) is 48.7 Å².